The normalized spacial score (nSPS) is 11.9. The molecule has 0 saturated carbocycles. The Morgan fingerprint density at radius 2 is 1.71 bits per heavy atom. The lowest BCUT2D eigenvalue weighted by molar-refractivity contribution is -0.134. The molecule has 0 aliphatic rings. The Morgan fingerprint density at radius 1 is 1.02 bits per heavy atom. The molecule has 0 radical (unpaired) electrons. The summed E-state index contributed by atoms with van der Waals surface area (Å²) in [4.78, 5) is 96.6. The third-order valence-corrected chi connectivity index (χ3v) is 9.67. The lowest BCUT2D eigenvalue weighted by atomic mass is 10.1. The van der Waals surface area contributed by atoms with Gasteiger partial charge in [-0.3, -0.25) is 33.4 Å². The summed E-state index contributed by atoms with van der Waals surface area (Å²) in [5, 5.41) is 9.68. The smallest absolute Gasteiger partial charge is 0.410 e. The summed E-state index contributed by atoms with van der Waals surface area (Å²) in [5.41, 5.74) is 4.81. The number of urea groups is 1. The number of ether oxygens (including phenoxy) is 1. The van der Waals surface area contributed by atoms with Gasteiger partial charge in [0.15, 0.2) is 0 Å². The lowest BCUT2D eigenvalue weighted by Crippen LogP contribution is -2.47. The molecule has 19 nitrogen and oxygen atoms in total. The van der Waals surface area contributed by atoms with Gasteiger partial charge in [-0.2, -0.15) is 8.42 Å². The van der Waals surface area contributed by atoms with Crippen LogP contribution in [0.2, 0.25) is 0 Å². The molecule has 0 saturated heterocycles. The average Bonchev–Trinajstić information content (AvgIpc) is 3.08. The second-order valence-corrected chi connectivity index (χ2v) is 14.4. The van der Waals surface area contributed by atoms with Crippen LogP contribution in [0.5, 0.6) is 0 Å². The number of anilines is 1. The van der Waals surface area contributed by atoms with Gasteiger partial charge >= 0.3 is 12.1 Å². The first kappa shape index (κ1) is 45.6. The summed E-state index contributed by atoms with van der Waals surface area (Å²) in [6.45, 7) is 0.453. The number of nitrogens with one attached hydrogen (secondary N) is 4. The molecule has 1 unspecified atom stereocenters. The highest BCUT2D eigenvalue weighted by Gasteiger charge is 2.24. The Balaban J connectivity index is 2.84. The third-order valence-electron chi connectivity index (χ3n) is 6.87. The first-order valence-corrected chi connectivity index (χ1v) is 18.5. The number of halogens is 2. The van der Waals surface area contributed by atoms with Crippen LogP contribution in [0, 0.1) is 0 Å². The van der Waals surface area contributed by atoms with Crippen molar-refractivity contribution in [3.63, 3.8) is 0 Å². The van der Waals surface area contributed by atoms with E-state index in [2.05, 4.69) is 53.1 Å². The molecular formula is C30H41Br2N7O12S. The van der Waals surface area contributed by atoms with Crippen LogP contribution < -0.4 is 27.0 Å². The van der Waals surface area contributed by atoms with Gasteiger partial charge in [-0.05, 0) is 60.7 Å². The zero-order valence-corrected chi connectivity index (χ0v) is 32.3. The fraction of sp³-hybridized carbons (Fsp3) is 0.467. The van der Waals surface area contributed by atoms with Crippen LogP contribution in [0.1, 0.15) is 51.0 Å². The predicted octanol–water partition coefficient (Wildman–Crippen LogP) is 1.26. The molecule has 8 amide bonds. The van der Waals surface area contributed by atoms with Gasteiger partial charge in [-0.25, -0.2) is 9.59 Å². The Bertz CT molecular complexity index is 1620. The van der Waals surface area contributed by atoms with Crippen LogP contribution in [0.4, 0.5) is 15.3 Å². The zero-order valence-electron chi connectivity index (χ0n) is 28.3. The molecule has 52 heavy (non-hydrogen) atoms. The number of nitrogens with zero attached hydrogens (tertiary/aromatic N) is 2. The lowest BCUT2D eigenvalue weighted by Gasteiger charge is -2.19. The van der Waals surface area contributed by atoms with Gasteiger partial charge in [0.25, 0.3) is 16.0 Å². The molecule has 0 aromatic heterocycles. The third kappa shape index (κ3) is 17.2. The van der Waals surface area contributed by atoms with E-state index in [1.165, 1.54) is 19.2 Å². The van der Waals surface area contributed by atoms with Crippen molar-refractivity contribution < 1.29 is 56.1 Å². The number of primary amides is 1. The van der Waals surface area contributed by atoms with Gasteiger partial charge in [-0.15, -0.1) is 0 Å². The molecule has 0 aliphatic heterocycles. The molecule has 7 N–H and O–H groups in total. The second kappa shape index (κ2) is 23.2. The van der Waals surface area contributed by atoms with Gasteiger partial charge < -0.3 is 41.4 Å². The number of hydrogen-bond donors (Lipinski definition) is 6. The summed E-state index contributed by atoms with van der Waals surface area (Å²) in [7, 11) is -3.61. The molecule has 1 aromatic carbocycles. The molecule has 1 atom stereocenters. The zero-order chi connectivity index (χ0) is 39.4. The minimum absolute atomic E-state index is 0.0266. The van der Waals surface area contributed by atoms with E-state index in [1.807, 2.05) is 0 Å². The SMILES string of the molecule is C/C(Br)=C(/Br)C(=O)N(C=O)CCCCCC(=O)NCC(=O)NC(CCCNC(N)=O)C(=O)Nc1ccc(COC(=O)N(C)CC=O)c(S(=O)(=O)O)c1. The molecule has 0 spiro atoms. The Hall–Kier alpha value is -4.41. The Morgan fingerprint density at radius 3 is 2.31 bits per heavy atom. The number of allylic oxidation sites excluding steroid dienone is 1. The van der Waals surface area contributed by atoms with Crippen LogP contribution in [0.3, 0.4) is 0 Å². The molecule has 1 aromatic rings. The highest BCUT2D eigenvalue weighted by atomic mass is 79.9. The van der Waals surface area contributed by atoms with Gasteiger partial charge in [0, 0.05) is 42.3 Å². The quantitative estimate of drug-likeness (QED) is 0.0416. The van der Waals surface area contributed by atoms with Crippen LogP contribution in [-0.4, -0.2) is 110 Å². The van der Waals surface area contributed by atoms with Crippen LogP contribution in [-0.2, 0) is 50.2 Å². The van der Waals surface area contributed by atoms with Gasteiger partial charge in [-0.1, -0.05) is 28.4 Å². The van der Waals surface area contributed by atoms with E-state index in [1.54, 1.807) is 6.92 Å². The molecule has 0 bridgehead atoms. The van der Waals surface area contributed by atoms with Gasteiger partial charge in [0.2, 0.25) is 24.1 Å². The van der Waals surface area contributed by atoms with Gasteiger partial charge in [0.05, 0.1) is 17.6 Å². The molecule has 22 heteroatoms. The first-order chi connectivity index (χ1) is 24.4. The first-order valence-electron chi connectivity index (χ1n) is 15.5. The van der Waals surface area contributed by atoms with Crippen molar-refractivity contribution in [1.82, 2.24) is 25.8 Å². The maximum absolute atomic E-state index is 13.2. The number of nitrogens with two attached hydrogens (primary N) is 1. The van der Waals surface area contributed by atoms with Gasteiger partial charge in [0.1, 0.15) is 23.8 Å². The number of carbonyl (C=O) groups excluding carboxylic acids is 8. The fourth-order valence-corrected chi connectivity index (χ4v) is 5.31. The summed E-state index contributed by atoms with van der Waals surface area (Å²) < 4.78 is 39.7. The number of unbranched alkanes of at least 4 members (excludes halogenated alkanes) is 2. The summed E-state index contributed by atoms with van der Waals surface area (Å²) >= 11 is 6.27. The minimum Gasteiger partial charge on any atom is -0.444 e. The summed E-state index contributed by atoms with van der Waals surface area (Å²) in [6.07, 6.45) is 1.44. The maximum Gasteiger partial charge on any atom is 0.410 e. The largest absolute Gasteiger partial charge is 0.444 e. The van der Waals surface area contributed by atoms with Crippen molar-refractivity contribution >= 4 is 96.1 Å². The van der Waals surface area contributed by atoms with E-state index >= 15 is 0 Å². The molecule has 0 fully saturated rings. The Kier molecular flexibility index (Phi) is 20.4. The number of rotatable bonds is 22. The van der Waals surface area contributed by atoms with Crippen molar-refractivity contribution in [3.05, 3.63) is 32.7 Å². The highest BCUT2D eigenvalue weighted by Crippen LogP contribution is 2.23. The maximum atomic E-state index is 13.2. The minimum atomic E-state index is -4.88. The number of carbonyl (C=O) groups is 8. The van der Waals surface area contributed by atoms with E-state index in [0.717, 1.165) is 15.9 Å². The van der Waals surface area contributed by atoms with E-state index in [0.29, 0.717) is 36.4 Å². The van der Waals surface area contributed by atoms with Crippen molar-refractivity contribution in [1.29, 1.82) is 0 Å². The molecule has 1 rings (SSSR count). The van der Waals surface area contributed by atoms with E-state index < -0.39 is 70.0 Å². The standard InChI is InChI=1S/C30H41Br2N7O12S/c1-19(31)26(32)28(45)39(18-41)12-5-3-4-8-24(42)35-16-25(43)37-22(7-6-11-34-29(33)46)27(44)36-21-10-9-20(23(15-21)52(48,49)50)17-51-30(47)38(2)13-14-40/h9-10,14-15,18,22H,3-8,11-13,16-17H2,1-2H3,(H,35,42)(H,36,44)(H,37,43)(H3,33,34,46)(H,48,49,50)/b26-19-. The number of amides is 8. The average molecular weight is 884 g/mol. The summed E-state index contributed by atoms with van der Waals surface area (Å²) in [6, 6.07) is 1.29. The van der Waals surface area contributed by atoms with Crippen molar-refractivity contribution in [3.8, 4) is 0 Å². The van der Waals surface area contributed by atoms with Crippen molar-refractivity contribution in [2.24, 2.45) is 5.73 Å². The second-order valence-electron chi connectivity index (χ2n) is 11.0. The monoisotopic (exact) mass is 881 g/mol. The predicted molar refractivity (Wildman–Crippen MR) is 192 cm³/mol. The fourth-order valence-electron chi connectivity index (χ4n) is 4.18. The number of benzene rings is 1. The van der Waals surface area contributed by atoms with E-state index in [9.17, 15) is 51.3 Å². The highest BCUT2D eigenvalue weighted by molar-refractivity contribution is 9.14. The number of imide groups is 1. The molecule has 288 valence electrons. The Labute approximate surface area is 316 Å². The van der Waals surface area contributed by atoms with Crippen molar-refractivity contribution in [2.75, 3.05) is 38.5 Å². The molecular weight excluding hydrogens is 842 g/mol. The molecule has 0 heterocycles. The topological polar surface area (TPSA) is 281 Å². The van der Waals surface area contributed by atoms with Crippen LogP contribution >= 0.6 is 31.9 Å². The number of aldehydes is 1. The molecule has 0 aliphatic carbocycles. The summed E-state index contributed by atoms with van der Waals surface area (Å²) in [5.74, 6) is -2.54. The van der Waals surface area contributed by atoms with Crippen molar-refractivity contribution in [2.45, 2.75) is 63.0 Å². The van der Waals surface area contributed by atoms with Crippen LogP contribution in [0.15, 0.2) is 32.1 Å². The van der Waals surface area contributed by atoms with E-state index in [4.69, 9.17) is 10.5 Å². The number of hydrogen-bond acceptors (Lipinski definition) is 11. The van der Waals surface area contributed by atoms with Crippen LogP contribution in [0.25, 0.3) is 0 Å². The number of likely N-dealkylation sites (N-methyl/N-ethyl adjacent to an activating group) is 1. The van der Waals surface area contributed by atoms with E-state index in [-0.39, 0.29) is 54.6 Å².